The molecule has 2 bridgehead atoms. The van der Waals surface area contributed by atoms with E-state index < -0.39 is 113 Å². The van der Waals surface area contributed by atoms with E-state index in [0.29, 0.717) is 28.0 Å². The molecule has 4 fully saturated rings. The van der Waals surface area contributed by atoms with Crippen LogP contribution in [0.1, 0.15) is 91.6 Å². The van der Waals surface area contributed by atoms with Gasteiger partial charge in [-0.25, -0.2) is 9.59 Å². The van der Waals surface area contributed by atoms with E-state index in [2.05, 4.69) is 0 Å². The third-order valence-electron chi connectivity index (χ3n) is 15.6. The van der Waals surface area contributed by atoms with E-state index in [1.807, 2.05) is 12.3 Å². The zero-order valence-corrected chi connectivity index (χ0v) is 41.5. The largest absolute Gasteiger partial charge is 0.497 e. The number of hydrogen-bond donors (Lipinski definition) is 2. The lowest BCUT2D eigenvalue weighted by Gasteiger charge is -2.67. The van der Waals surface area contributed by atoms with Crippen molar-refractivity contribution < 1.29 is 67.3 Å². The molecule has 71 heavy (non-hydrogen) atoms. The first kappa shape index (κ1) is 50.1. The van der Waals surface area contributed by atoms with Crippen molar-refractivity contribution in [2.24, 2.45) is 16.7 Å². The number of ketones is 1. The molecule has 4 aromatic rings. The van der Waals surface area contributed by atoms with Gasteiger partial charge in [0.2, 0.25) is 0 Å². The Morgan fingerprint density at radius 1 is 0.817 bits per heavy atom. The summed E-state index contributed by atoms with van der Waals surface area (Å²) in [5.41, 5.74) is -5.56. The van der Waals surface area contributed by atoms with Crippen molar-refractivity contribution >= 4 is 41.4 Å². The van der Waals surface area contributed by atoms with Crippen molar-refractivity contribution in [1.29, 1.82) is 0 Å². The van der Waals surface area contributed by atoms with Gasteiger partial charge in [-0.15, -0.1) is 11.8 Å². The van der Waals surface area contributed by atoms with E-state index in [1.54, 1.807) is 137 Å². The second-order valence-electron chi connectivity index (χ2n) is 19.8. The van der Waals surface area contributed by atoms with Crippen LogP contribution in [0.25, 0.3) is 0 Å². The Balaban J connectivity index is 1.20. The minimum Gasteiger partial charge on any atom is -0.497 e. The Hall–Kier alpha value is -5.88. The lowest BCUT2D eigenvalue weighted by Crippen LogP contribution is -2.81. The Morgan fingerprint density at radius 2 is 1.44 bits per heavy atom. The molecular weight excluding hydrogens is 931 g/mol. The highest BCUT2D eigenvalue weighted by atomic mass is 32.2. The van der Waals surface area contributed by atoms with Crippen molar-refractivity contribution in [2.75, 3.05) is 25.9 Å². The van der Waals surface area contributed by atoms with E-state index in [4.69, 9.17) is 33.2 Å². The molecule has 0 radical (unpaired) electrons. The van der Waals surface area contributed by atoms with Gasteiger partial charge in [-0.1, -0.05) is 92.7 Å². The van der Waals surface area contributed by atoms with E-state index in [9.17, 15) is 24.6 Å². The number of nitrogens with zero attached hydrogens (tertiary/aromatic N) is 1. The maximum absolute atomic E-state index is 15.9. The molecule has 16 heteroatoms. The predicted octanol–water partition coefficient (Wildman–Crippen LogP) is 6.97. The minimum absolute atomic E-state index is 0.0628. The number of amides is 1. The number of benzene rings is 4. The summed E-state index contributed by atoms with van der Waals surface area (Å²) in [4.78, 5) is 75.5. The molecule has 374 valence electrons. The van der Waals surface area contributed by atoms with Crippen LogP contribution in [-0.4, -0.2) is 118 Å². The third kappa shape index (κ3) is 8.35. The highest BCUT2D eigenvalue weighted by molar-refractivity contribution is 7.98. The average molecular weight is 990 g/mol. The number of fused-ring (bicyclic) bond motifs is 5. The first-order chi connectivity index (χ1) is 33.9. The first-order valence-electron chi connectivity index (χ1n) is 23.7. The number of aliphatic hydroxyl groups is 2. The summed E-state index contributed by atoms with van der Waals surface area (Å²) in [6.45, 7) is 7.45. The number of Topliss-reactive ketones (excluding diaryl/α,β-unsaturated/α-hetero) is 1. The Bertz CT molecular complexity index is 2700. The van der Waals surface area contributed by atoms with Gasteiger partial charge < -0.3 is 43.4 Å². The summed E-state index contributed by atoms with van der Waals surface area (Å²) in [6, 6.07) is 31.6. The molecule has 2 saturated heterocycles. The van der Waals surface area contributed by atoms with Crippen LogP contribution in [0.2, 0.25) is 0 Å². The fourth-order valence-corrected chi connectivity index (χ4v) is 12.2. The molecule has 9 unspecified atom stereocenters. The summed E-state index contributed by atoms with van der Waals surface area (Å²) < 4.78 is 43.8. The second kappa shape index (κ2) is 19.3. The second-order valence-corrected chi connectivity index (χ2v) is 20.6. The minimum atomic E-state index is -2.30. The molecule has 2 saturated carbocycles. The average Bonchev–Trinajstić information content (AvgIpc) is 3.77. The van der Waals surface area contributed by atoms with Crippen molar-refractivity contribution in [3.63, 3.8) is 0 Å². The topological polar surface area (TPSA) is 194 Å². The van der Waals surface area contributed by atoms with E-state index in [0.717, 1.165) is 0 Å². The summed E-state index contributed by atoms with van der Waals surface area (Å²) in [5.74, 6) is -4.42. The number of methoxy groups -OCH3 is 1. The maximum atomic E-state index is 15.9. The van der Waals surface area contributed by atoms with Gasteiger partial charge in [0.25, 0.3) is 5.91 Å². The van der Waals surface area contributed by atoms with Crippen LogP contribution >= 0.6 is 11.8 Å². The summed E-state index contributed by atoms with van der Waals surface area (Å²) >= 11 is 1.36. The molecular formula is C55H59NO14S. The molecule has 0 aromatic heterocycles. The SMILES string of the molecule is COc1ccc([C@H]2OC(C(=O)OC3CC4(O)C(OC(=O)c5ccccc5)C5C6(O)COC6CC(OCSC)[C@@]5(C)C(=O)C(OC(C)=O)C(=C3C)C4(C)C)[C@H](c3ccccc3)N2C(=O)c2ccccc2)cc1. The summed E-state index contributed by atoms with van der Waals surface area (Å²) in [6.07, 6.45) is -7.83. The molecule has 12 atom stereocenters. The van der Waals surface area contributed by atoms with Crippen LogP contribution in [-0.2, 0) is 42.8 Å². The van der Waals surface area contributed by atoms with Crippen LogP contribution in [0.5, 0.6) is 5.75 Å². The third-order valence-corrected chi connectivity index (χ3v) is 16.0. The van der Waals surface area contributed by atoms with E-state index in [1.165, 1.54) is 30.7 Å². The monoisotopic (exact) mass is 989 g/mol. The smallest absolute Gasteiger partial charge is 0.338 e. The summed E-state index contributed by atoms with van der Waals surface area (Å²) in [5, 5.41) is 26.9. The molecule has 3 aliphatic carbocycles. The fraction of sp³-hybridized carbons (Fsp3) is 0.436. The van der Waals surface area contributed by atoms with Gasteiger partial charge in [0.15, 0.2) is 24.2 Å². The van der Waals surface area contributed by atoms with Gasteiger partial charge in [-0.05, 0) is 73.2 Å². The number of rotatable bonds is 12. The highest BCUT2D eigenvalue weighted by Gasteiger charge is 2.77. The normalized spacial score (nSPS) is 32.8. The molecule has 1 amide bonds. The van der Waals surface area contributed by atoms with Crippen molar-refractivity contribution in [3.05, 3.63) is 149 Å². The number of ether oxygens (including phenoxy) is 7. The molecule has 15 nitrogen and oxygen atoms in total. The molecule has 2 heterocycles. The first-order valence-corrected chi connectivity index (χ1v) is 25.1. The van der Waals surface area contributed by atoms with Gasteiger partial charge in [0, 0.05) is 42.2 Å². The molecule has 2 aliphatic heterocycles. The quantitative estimate of drug-likeness (QED) is 0.0640. The van der Waals surface area contributed by atoms with Crippen molar-refractivity contribution in [2.45, 2.75) is 108 Å². The molecule has 2 N–H and O–H groups in total. The van der Waals surface area contributed by atoms with Gasteiger partial charge >= 0.3 is 17.9 Å². The van der Waals surface area contributed by atoms with Crippen molar-refractivity contribution in [1.82, 2.24) is 4.90 Å². The molecule has 9 rings (SSSR count). The van der Waals surface area contributed by atoms with Crippen LogP contribution in [0.4, 0.5) is 0 Å². The zero-order chi connectivity index (χ0) is 50.6. The molecule has 4 aromatic carbocycles. The lowest BCUT2D eigenvalue weighted by molar-refractivity contribution is -0.345. The molecule has 5 aliphatic rings. The van der Waals surface area contributed by atoms with Crippen LogP contribution < -0.4 is 4.74 Å². The Kier molecular flexibility index (Phi) is 13.6. The Labute approximate surface area is 416 Å². The van der Waals surface area contributed by atoms with E-state index >= 15 is 9.59 Å². The van der Waals surface area contributed by atoms with Gasteiger partial charge in [-0.2, -0.15) is 0 Å². The zero-order valence-electron chi connectivity index (χ0n) is 40.6. The van der Waals surface area contributed by atoms with Crippen LogP contribution in [0.3, 0.4) is 0 Å². The Morgan fingerprint density at radius 3 is 2.01 bits per heavy atom. The van der Waals surface area contributed by atoms with Gasteiger partial charge in [0.1, 0.15) is 29.2 Å². The maximum Gasteiger partial charge on any atom is 0.338 e. The number of hydrogen-bond acceptors (Lipinski definition) is 15. The van der Waals surface area contributed by atoms with Crippen molar-refractivity contribution in [3.8, 4) is 5.75 Å². The van der Waals surface area contributed by atoms with Gasteiger partial charge in [0.05, 0.1) is 48.9 Å². The highest BCUT2D eigenvalue weighted by Crippen LogP contribution is 2.64. The standard InChI is InChI=1S/C55H59NO14S/c1-31-38(68-51(61)44-42(33-17-11-8-12-18-33)56(48(59)34-19-13-9-14-20-34)49(69-44)35-23-25-37(64-6)26-24-35)28-55(63)47(70-50(60)36-21-15-10-16-22-36)45-53(5,39(66-30-71-7)27-40-54(45,62)29-65-40)46(58)43(67-32(2)57)41(31)52(55,3)4/h8-26,38-40,42-45,47,49,62-63H,27-30H2,1-7H3/t38?,39?,40?,42-,43?,44?,45?,47?,49+,53+,54?,55?/m0/s1. The lowest BCUT2D eigenvalue weighted by atomic mass is 9.44. The van der Waals surface area contributed by atoms with Crippen LogP contribution in [0, 0.1) is 16.7 Å². The predicted molar refractivity (Wildman–Crippen MR) is 259 cm³/mol. The number of esters is 3. The van der Waals surface area contributed by atoms with Crippen LogP contribution in [0.15, 0.2) is 126 Å². The summed E-state index contributed by atoms with van der Waals surface area (Å²) in [7, 11) is 1.54. The fourth-order valence-electron chi connectivity index (χ4n) is 11.9. The number of carbonyl (C=O) groups is 5. The number of thioether (sulfide) groups is 1. The number of carbonyl (C=O) groups excluding carboxylic acids is 5. The molecule has 0 spiro atoms. The van der Waals surface area contributed by atoms with E-state index in [-0.39, 0.29) is 30.1 Å². The van der Waals surface area contributed by atoms with Gasteiger partial charge in [-0.3, -0.25) is 19.3 Å².